The molecule has 0 aliphatic rings. The Morgan fingerprint density at radius 2 is 1.71 bits per heavy atom. The van der Waals surface area contributed by atoms with Crippen LogP contribution in [0.2, 0.25) is 0 Å². The molecule has 0 amide bonds. The largest absolute Gasteiger partial charge is 0.439 e. The highest BCUT2D eigenvalue weighted by Crippen LogP contribution is 2.26. The average molecular weight is 282 g/mol. The Bertz CT molecular complexity index is 852. The van der Waals surface area contributed by atoms with E-state index in [1.165, 1.54) is 6.07 Å². The van der Waals surface area contributed by atoms with Crippen LogP contribution in [0.15, 0.2) is 48.5 Å². The van der Waals surface area contributed by atoms with Gasteiger partial charge < -0.3 is 4.74 Å². The molecule has 3 aromatic rings. The minimum atomic E-state index is -0.744. The molecule has 0 aliphatic heterocycles. The molecule has 1 aromatic heterocycles. The lowest BCUT2D eigenvalue weighted by molar-refractivity contribution is 0.453. The van der Waals surface area contributed by atoms with Gasteiger partial charge in [-0.15, -0.1) is 0 Å². The maximum absolute atomic E-state index is 13.1. The molecule has 2 aromatic carbocycles. The van der Waals surface area contributed by atoms with Gasteiger partial charge in [0.1, 0.15) is 23.5 Å². The van der Waals surface area contributed by atoms with Crippen molar-refractivity contribution in [2.45, 2.75) is 0 Å². The van der Waals surface area contributed by atoms with E-state index in [-0.39, 0.29) is 11.6 Å². The van der Waals surface area contributed by atoms with Crippen LogP contribution in [0.1, 0.15) is 5.56 Å². The van der Waals surface area contributed by atoms with Gasteiger partial charge in [-0.2, -0.15) is 5.26 Å². The standard InChI is InChI=1S/C16H8F2N2O/c17-11-6-12(18)8-13(7-11)21-16-5-10(9-19)14-3-1-2-4-15(14)20-16/h1-8H. The van der Waals surface area contributed by atoms with Crippen LogP contribution < -0.4 is 4.74 Å². The van der Waals surface area contributed by atoms with Crippen LogP contribution in [0.3, 0.4) is 0 Å². The molecule has 0 aliphatic carbocycles. The third kappa shape index (κ3) is 2.65. The number of para-hydroxylation sites is 1. The number of nitrogens with zero attached hydrogens (tertiary/aromatic N) is 2. The Balaban J connectivity index is 2.07. The Morgan fingerprint density at radius 1 is 1.00 bits per heavy atom. The van der Waals surface area contributed by atoms with Crippen molar-refractivity contribution < 1.29 is 13.5 Å². The predicted molar refractivity (Wildman–Crippen MR) is 72.9 cm³/mol. The van der Waals surface area contributed by atoms with Crippen LogP contribution in [-0.2, 0) is 0 Å². The van der Waals surface area contributed by atoms with Crippen molar-refractivity contribution in [3.8, 4) is 17.7 Å². The second-order valence-electron chi connectivity index (χ2n) is 4.34. The Kier molecular flexibility index (Phi) is 3.20. The van der Waals surface area contributed by atoms with E-state index in [1.54, 1.807) is 24.3 Å². The van der Waals surface area contributed by atoms with E-state index in [9.17, 15) is 8.78 Å². The summed E-state index contributed by atoms with van der Waals surface area (Å²) in [7, 11) is 0. The van der Waals surface area contributed by atoms with Crippen LogP contribution in [0.25, 0.3) is 10.9 Å². The smallest absolute Gasteiger partial charge is 0.221 e. The highest BCUT2D eigenvalue weighted by Gasteiger charge is 2.08. The van der Waals surface area contributed by atoms with Crippen LogP contribution >= 0.6 is 0 Å². The molecule has 3 rings (SSSR count). The average Bonchev–Trinajstić information content (AvgIpc) is 2.45. The minimum absolute atomic E-state index is 0.0147. The second kappa shape index (κ2) is 5.17. The number of benzene rings is 2. The van der Waals surface area contributed by atoms with Gasteiger partial charge in [0.25, 0.3) is 0 Å². The number of rotatable bonds is 2. The molecule has 3 nitrogen and oxygen atoms in total. The van der Waals surface area contributed by atoms with Crippen LogP contribution in [-0.4, -0.2) is 4.98 Å². The topological polar surface area (TPSA) is 45.9 Å². The molecular formula is C16H8F2N2O. The van der Waals surface area contributed by atoms with Gasteiger partial charge in [-0.05, 0) is 6.07 Å². The monoisotopic (exact) mass is 282 g/mol. The molecule has 0 spiro atoms. The first-order chi connectivity index (χ1) is 10.2. The highest BCUT2D eigenvalue weighted by molar-refractivity contribution is 5.85. The fourth-order valence-electron chi connectivity index (χ4n) is 2.00. The number of aromatic nitrogens is 1. The van der Waals surface area contributed by atoms with Crippen molar-refractivity contribution >= 4 is 10.9 Å². The fraction of sp³-hybridized carbons (Fsp3) is 0. The number of hydrogen-bond acceptors (Lipinski definition) is 3. The SMILES string of the molecule is N#Cc1cc(Oc2cc(F)cc(F)c2)nc2ccccc12. The predicted octanol–water partition coefficient (Wildman–Crippen LogP) is 4.18. The Labute approximate surface area is 119 Å². The minimum Gasteiger partial charge on any atom is -0.439 e. The van der Waals surface area contributed by atoms with E-state index in [1.807, 2.05) is 0 Å². The van der Waals surface area contributed by atoms with Crippen LogP contribution in [0, 0.1) is 23.0 Å². The van der Waals surface area contributed by atoms with Crippen LogP contribution in [0.4, 0.5) is 8.78 Å². The van der Waals surface area contributed by atoms with E-state index < -0.39 is 11.6 Å². The van der Waals surface area contributed by atoms with Gasteiger partial charge >= 0.3 is 0 Å². The first kappa shape index (κ1) is 13.0. The number of pyridine rings is 1. The lowest BCUT2D eigenvalue weighted by Gasteiger charge is -2.07. The maximum Gasteiger partial charge on any atom is 0.221 e. The zero-order chi connectivity index (χ0) is 14.8. The van der Waals surface area contributed by atoms with Crippen molar-refractivity contribution in [3.63, 3.8) is 0 Å². The van der Waals surface area contributed by atoms with Crippen molar-refractivity contribution in [3.05, 3.63) is 65.7 Å². The molecule has 102 valence electrons. The summed E-state index contributed by atoms with van der Waals surface area (Å²) < 4.78 is 31.6. The van der Waals surface area contributed by atoms with E-state index in [4.69, 9.17) is 10.00 Å². The van der Waals surface area contributed by atoms with Gasteiger partial charge in [-0.25, -0.2) is 13.8 Å². The summed E-state index contributed by atoms with van der Waals surface area (Å²) in [5, 5.41) is 9.85. The van der Waals surface area contributed by atoms with E-state index in [0.717, 1.165) is 18.2 Å². The van der Waals surface area contributed by atoms with Crippen LogP contribution in [0.5, 0.6) is 11.6 Å². The number of nitriles is 1. The van der Waals surface area contributed by atoms with Crippen molar-refractivity contribution in [2.24, 2.45) is 0 Å². The van der Waals surface area contributed by atoms with Crippen molar-refractivity contribution in [2.75, 3.05) is 0 Å². The number of hydrogen-bond donors (Lipinski definition) is 0. The molecule has 0 N–H and O–H groups in total. The summed E-state index contributed by atoms with van der Waals surface area (Å²) in [5.41, 5.74) is 0.955. The first-order valence-corrected chi connectivity index (χ1v) is 6.09. The molecule has 0 saturated heterocycles. The van der Waals surface area contributed by atoms with Crippen molar-refractivity contribution in [1.29, 1.82) is 5.26 Å². The van der Waals surface area contributed by atoms with Gasteiger partial charge in [0.2, 0.25) is 5.88 Å². The summed E-state index contributed by atoms with van der Waals surface area (Å²) in [6, 6.07) is 13.4. The first-order valence-electron chi connectivity index (χ1n) is 6.09. The zero-order valence-electron chi connectivity index (χ0n) is 10.7. The molecule has 5 heteroatoms. The quantitative estimate of drug-likeness (QED) is 0.708. The third-order valence-electron chi connectivity index (χ3n) is 2.87. The summed E-state index contributed by atoms with van der Waals surface area (Å²) >= 11 is 0. The number of halogens is 2. The van der Waals surface area contributed by atoms with Gasteiger partial charge in [-0.1, -0.05) is 18.2 Å². The maximum atomic E-state index is 13.1. The summed E-state index contributed by atoms with van der Waals surface area (Å²) in [4.78, 5) is 4.22. The van der Waals surface area contributed by atoms with Gasteiger partial charge in [0.15, 0.2) is 0 Å². The molecule has 1 heterocycles. The highest BCUT2D eigenvalue weighted by atomic mass is 19.1. The molecule has 0 bridgehead atoms. The van der Waals surface area contributed by atoms with Crippen molar-refractivity contribution in [1.82, 2.24) is 4.98 Å². The molecule has 0 saturated carbocycles. The number of ether oxygens (including phenoxy) is 1. The second-order valence-corrected chi connectivity index (χ2v) is 4.34. The normalized spacial score (nSPS) is 10.3. The van der Waals surface area contributed by atoms with E-state index in [2.05, 4.69) is 11.1 Å². The lowest BCUT2D eigenvalue weighted by atomic mass is 10.1. The molecule has 0 atom stereocenters. The lowest BCUT2D eigenvalue weighted by Crippen LogP contribution is -1.92. The van der Waals surface area contributed by atoms with Gasteiger partial charge in [0.05, 0.1) is 11.1 Å². The molecule has 0 radical (unpaired) electrons. The zero-order valence-corrected chi connectivity index (χ0v) is 10.7. The molecule has 21 heavy (non-hydrogen) atoms. The molecule has 0 fully saturated rings. The summed E-state index contributed by atoms with van der Waals surface area (Å²) in [6.45, 7) is 0. The molecule has 0 unspecified atom stereocenters. The Hall–Kier alpha value is -3.00. The van der Waals surface area contributed by atoms with Gasteiger partial charge in [0, 0.05) is 29.7 Å². The number of fused-ring (bicyclic) bond motifs is 1. The third-order valence-corrected chi connectivity index (χ3v) is 2.87. The summed E-state index contributed by atoms with van der Waals surface area (Å²) in [5.74, 6) is -1.40. The summed E-state index contributed by atoms with van der Waals surface area (Å²) in [6.07, 6.45) is 0. The molecular weight excluding hydrogens is 274 g/mol. The van der Waals surface area contributed by atoms with E-state index >= 15 is 0 Å². The van der Waals surface area contributed by atoms with E-state index in [0.29, 0.717) is 16.5 Å². The Morgan fingerprint density at radius 3 is 2.43 bits per heavy atom. The van der Waals surface area contributed by atoms with Gasteiger partial charge in [-0.3, -0.25) is 0 Å². The fourth-order valence-corrected chi connectivity index (χ4v) is 2.00.